The van der Waals surface area contributed by atoms with Crippen LogP contribution in [0.1, 0.15) is 28.0 Å². The Balaban J connectivity index is 1.27. The summed E-state index contributed by atoms with van der Waals surface area (Å²) in [6, 6.07) is 10.7. The molecule has 1 saturated heterocycles. The van der Waals surface area contributed by atoms with Crippen molar-refractivity contribution in [2.75, 3.05) is 13.1 Å². The molecular formula is C20H19N3O3. The zero-order valence-corrected chi connectivity index (χ0v) is 14.2. The second kappa shape index (κ2) is 6.63. The van der Waals surface area contributed by atoms with Crippen molar-refractivity contribution in [2.24, 2.45) is 0 Å². The Bertz CT molecular complexity index is 955. The number of nitrogens with one attached hydrogen (secondary N) is 2. The maximum atomic E-state index is 12.4. The highest BCUT2D eigenvalue weighted by molar-refractivity contribution is 5.92. The molecule has 132 valence electrons. The molecule has 0 bridgehead atoms. The monoisotopic (exact) mass is 349 g/mol. The van der Waals surface area contributed by atoms with Gasteiger partial charge in [0.25, 0.3) is 5.91 Å². The SMILES string of the molecule is O=C(NC1CN(C(=O)CC2=Cc3ccccc3C2)C1)c1cc(=O)cc[nH]1. The van der Waals surface area contributed by atoms with Gasteiger partial charge < -0.3 is 15.2 Å². The van der Waals surface area contributed by atoms with Gasteiger partial charge in [0.1, 0.15) is 5.69 Å². The minimum absolute atomic E-state index is 0.0788. The van der Waals surface area contributed by atoms with Crippen molar-refractivity contribution in [3.05, 3.63) is 75.2 Å². The lowest BCUT2D eigenvalue weighted by Gasteiger charge is -2.39. The molecule has 2 aliphatic rings. The van der Waals surface area contributed by atoms with Crippen molar-refractivity contribution in [3.63, 3.8) is 0 Å². The average molecular weight is 349 g/mol. The predicted molar refractivity (Wildman–Crippen MR) is 97.6 cm³/mol. The number of pyridine rings is 1. The van der Waals surface area contributed by atoms with Crippen LogP contribution in [0.3, 0.4) is 0 Å². The van der Waals surface area contributed by atoms with Gasteiger partial charge >= 0.3 is 0 Å². The summed E-state index contributed by atoms with van der Waals surface area (Å²) in [4.78, 5) is 40.3. The van der Waals surface area contributed by atoms with E-state index in [4.69, 9.17) is 0 Å². The van der Waals surface area contributed by atoms with Crippen molar-refractivity contribution in [1.29, 1.82) is 0 Å². The first-order valence-electron chi connectivity index (χ1n) is 8.63. The number of rotatable bonds is 4. The molecular weight excluding hydrogens is 330 g/mol. The highest BCUT2D eigenvalue weighted by atomic mass is 16.2. The molecule has 0 radical (unpaired) electrons. The van der Waals surface area contributed by atoms with Crippen LogP contribution in [0, 0.1) is 0 Å². The Kier molecular flexibility index (Phi) is 4.16. The van der Waals surface area contributed by atoms with Crippen LogP contribution in [0.25, 0.3) is 6.08 Å². The fourth-order valence-electron chi connectivity index (χ4n) is 3.38. The molecule has 26 heavy (non-hydrogen) atoms. The molecule has 1 aliphatic carbocycles. The van der Waals surface area contributed by atoms with Gasteiger partial charge in [-0.05, 0) is 17.5 Å². The number of carbonyl (C=O) groups excluding carboxylic acids is 2. The maximum Gasteiger partial charge on any atom is 0.268 e. The minimum atomic E-state index is -0.325. The summed E-state index contributed by atoms with van der Waals surface area (Å²) in [5, 5.41) is 2.83. The Hall–Kier alpha value is -3.15. The lowest BCUT2D eigenvalue weighted by molar-refractivity contribution is -0.135. The summed E-state index contributed by atoms with van der Waals surface area (Å²) in [5.74, 6) is -0.239. The zero-order chi connectivity index (χ0) is 18.1. The van der Waals surface area contributed by atoms with Crippen molar-refractivity contribution in [2.45, 2.75) is 18.9 Å². The summed E-state index contributed by atoms with van der Waals surface area (Å²) in [5.41, 5.74) is 3.61. The maximum absolute atomic E-state index is 12.4. The van der Waals surface area contributed by atoms with Crippen LogP contribution in [0.2, 0.25) is 0 Å². The van der Waals surface area contributed by atoms with E-state index in [2.05, 4.69) is 28.5 Å². The Morgan fingerprint density at radius 3 is 2.77 bits per heavy atom. The van der Waals surface area contributed by atoms with Gasteiger partial charge in [-0.2, -0.15) is 0 Å². The Morgan fingerprint density at radius 2 is 2.00 bits per heavy atom. The number of nitrogens with zero attached hydrogens (tertiary/aromatic N) is 1. The Labute approximate surface area is 150 Å². The zero-order valence-electron chi connectivity index (χ0n) is 14.2. The predicted octanol–water partition coefficient (Wildman–Crippen LogP) is 1.35. The molecule has 0 unspecified atom stereocenters. The number of likely N-dealkylation sites (tertiary alicyclic amines) is 1. The highest BCUT2D eigenvalue weighted by Gasteiger charge is 2.32. The van der Waals surface area contributed by atoms with Gasteiger partial charge in [0.2, 0.25) is 5.91 Å². The number of aromatic nitrogens is 1. The summed E-state index contributed by atoms with van der Waals surface area (Å²) in [7, 11) is 0. The molecule has 6 nitrogen and oxygen atoms in total. The van der Waals surface area contributed by atoms with Crippen molar-refractivity contribution in [3.8, 4) is 0 Å². The molecule has 2 N–H and O–H groups in total. The third-order valence-electron chi connectivity index (χ3n) is 4.80. The lowest BCUT2D eigenvalue weighted by Crippen LogP contribution is -2.61. The van der Waals surface area contributed by atoms with Crippen LogP contribution in [0.5, 0.6) is 0 Å². The molecule has 4 rings (SSSR count). The van der Waals surface area contributed by atoms with Crippen LogP contribution in [-0.4, -0.2) is 40.8 Å². The van der Waals surface area contributed by atoms with Crippen LogP contribution in [-0.2, 0) is 11.2 Å². The van der Waals surface area contributed by atoms with Gasteiger partial charge in [0.05, 0.1) is 6.04 Å². The molecule has 2 amide bonds. The largest absolute Gasteiger partial charge is 0.357 e. The van der Waals surface area contributed by atoms with Crippen LogP contribution in [0.15, 0.2) is 53.0 Å². The summed E-state index contributed by atoms with van der Waals surface area (Å²) in [6.45, 7) is 1.00. The summed E-state index contributed by atoms with van der Waals surface area (Å²) >= 11 is 0. The van der Waals surface area contributed by atoms with Crippen LogP contribution < -0.4 is 10.7 Å². The van der Waals surface area contributed by atoms with E-state index in [1.54, 1.807) is 4.90 Å². The van der Waals surface area contributed by atoms with E-state index in [0.717, 1.165) is 12.0 Å². The van der Waals surface area contributed by atoms with Gasteiger partial charge in [-0.1, -0.05) is 35.9 Å². The number of amides is 2. The molecule has 6 heteroatoms. The topological polar surface area (TPSA) is 82.3 Å². The first-order valence-corrected chi connectivity index (χ1v) is 8.63. The fraction of sp³-hybridized carbons (Fsp3) is 0.250. The van der Waals surface area contributed by atoms with E-state index >= 15 is 0 Å². The van der Waals surface area contributed by atoms with Crippen LogP contribution >= 0.6 is 0 Å². The van der Waals surface area contributed by atoms with E-state index in [1.165, 1.54) is 29.5 Å². The second-order valence-corrected chi connectivity index (χ2v) is 6.76. The van der Waals surface area contributed by atoms with E-state index in [0.29, 0.717) is 19.5 Å². The second-order valence-electron chi connectivity index (χ2n) is 6.76. The molecule has 0 saturated carbocycles. The molecule has 1 aliphatic heterocycles. The number of benzene rings is 1. The third-order valence-corrected chi connectivity index (χ3v) is 4.80. The first kappa shape index (κ1) is 16.3. The molecule has 2 aromatic rings. The van der Waals surface area contributed by atoms with E-state index in [1.807, 2.05) is 12.1 Å². The lowest BCUT2D eigenvalue weighted by atomic mass is 10.0. The molecule has 2 heterocycles. The van der Waals surface area contributed by atoms with Gasteiger partial charge in [0, 0.05) is 37.8 Å². The standard InChI is InChI=1S/C20H19N3O3/c24-17-5-6-21-18(10-17)20(26)22-16-11-23(12-16)19(25)9-13-7-14-3-1-2-4-15(14)8-13/h1-7,10,16H,8-9,11-12H2,(H,21,24)(H,22,26). The number of carbonyl (C=O) groups is 2. The van der Waals surface area contributed by atoms with Gasteiger partial charge in [0.15, 0.2) is 5.43 Å². The summed E-state index contributed by atoms with van der Waals surface area (Å²) < 4.78 is 0. The average Bonchev–Trinajstić information content (AvgIpc) is 2.99. The van der Waals surface area contributed by atoms with Crippen molar-refractivity contribution < 1.29 is 9.59 Å². The third kappa shape index (κ3) is 3.31. The minimum Gasteiger partial charge on any atom is -0.357 e. The van der Waals surface area contributed by atoms with E-state index < -0.39 is 0 Å². The van der Waals surface area contributed by atoms with E-state index in [-0.39, 0.29) is 29.0 Å². The molecule has 1 aromatic heterocycles. The van der Waals surface area contributed by atoms with Gasteiger partial charge in [-0.3, -0.25) is 14.4 Å². The number of aromatic amines is 1. The Morgan fingerprint density at radius 1 is 1.19 bits per heavy atom. The number of hydrogen-bond donors (Lipinski definition) is 2. The molecule has 0 atom stereocenters. The van der Waals surface area contributed by atoms with Gasteiger partial charge in [-0.15, -0.1) is 0 Å². The number of fused-ring (bicyclic) bond motifs is 1. The molecule has 1 fully saturated rings. The normalized spacial score (nSPS) is 15.8. The number of H-pyrrole nitrogens is 1. The highest BCUT2D eigenvalue weighted by Crippen LogP contribution is 2.27. The van der Waals surface area contributed by atoms with E-state index in [9.17, 15) is 14.4 Å². The quantitative estimate of drug-likeness (QED) is 0.874. The molecule has 0 spiro atoms. The smallest absolute Gasteiger partial charge is 0.268 e. The number of hydrogen-bond acceptors (Lipinski definition) is 3. The molecule has 1 aromatic carbocycles. The van der Waals surface area contributed by atoms with Crippen molar-refractivity contribution >= 4 is 17.9 Å². The first-order chi connectivity index (χ1) is 12.6. The summed E-state index contributed by atoms with van der Waals surface area (Å²) in [6.07, 6.45) is 4.79. The fourth-order valence-corrected chi connectivity index (χ4v) is 3.38. The van der Waals surface area contributed by atoms with Crippen LogP contribution in [0.4, 0.5) is 0 Å². The van der Waals surface area contributed by atoms with Gasteiger partial charge in [-0.25, -0.2) is 0 Å². The van der Waals surface area contributed by atoms with Crippen molar-refractivity contribution in [1.82, 2.24) is 15.2 Å².